The first-order valence-corrected chi connectivity index (χ1v) is 7.05. The second-order valence-corrected chi connectivity index (χ2v) is 6.05. The molecule has 0 fully saturated rings. The van der Waals surface area contributed by atoms with Gasteiger partial charge in [0.2, 0.25) is 0 Å². The van der Waals surface area contributed by atoms with Crippen molar-refractivity contribution in [1.82, 2.24) is 5.32 Å². The third kappa shape index (κ3) is 5.44. The summed E-state index contributed by atoms with van der Waals surface area (Å²) in [7, 11) is 1.47. The number of carboxylic acid groups (broad SMARTS) is 1. The Hall–Kier alpha value is -1.95. The van der Waals surface area contributed by atoms with Gasteiger partial charge in [0.1, 0.15) is 17.4 Å². The van der Waals surface area contributed by atoms with Crippen LogP contribution in [-0.2, 0) is 16.0 Å². The van der Waals surface area contributed by atoms with E-state index in [1.807, 2.05) is 0 Å². The number of ether oxygens (including phenoxy) is 2. The van der Waals surface area contributed by atoms with Gasteiger partial charge in [-0.1, -0.05) is 23.7 Å². The van der Waals surface area contributed by atoms with Gasteiger partial charge in [0.15, 0.2) is 0 Å². The molecule has 0 saturated heterocycles. The van der Waals surface area contributed by atoms with E-state index in [-0.39, 0.29) is 6.42 Å². The summed E-state index contributed by atoms with van der Waals surface area (Å²) >= 11 is 6.14. The molecule has 0 aliphatic rings. The molecule has 1 atom stereocenters. The Kier molecular flexibility index (Phi) is 6.05. The molecule has 0 spiro atoms. The standard InChI is InChI=1S/C15H20ClNO5/c1-15(2,3)22-14(20)17-10(13(18)19)8-9-6-5-7-11(21-4)12(9)16/h5-7,10H,8H2,1-4H3,(H,17,20)(H,18,19). The van der Waals surface area contributed by atoms with Crippen molar-refractivity contribution >= 4 is 23.7 Å². The van der Waals surface area contributed by atoms with Crippen LogP contribution in [0.2, 0.25) is 5.02 Å². The van der Waals surface area contributed by atoms with E-state index in [1.165, 1.54) is 7.11 Å². The summed E-state index contributed by atoms with van der Waals surface area (Å²) < 4.78 is 10.1. The van der Waals surface area contributed by atoms with Gasteiger partial charge in [-0.05, 0) is 32.4 Å². The van der Waals surface area contributed by atoms with Gasteiger partial charge in [0, 0.05) is 6.42 Å². The maximum atomic E-state index is 11.7. The number of carboxylic acids is 1. The Morgan fingerprint density at radius 3 is 2.50 bits per heavy atom. The SMILES string of the molecule is COc1cccc(CC(NC(=O)OC(C)(C)C)C(=O)O)c1Cl. The van der Waals surface area contributed by atoms with Crippen molar-refractivity contribution in [3.63, 3.8) is 0 Å². The highest BCUT2D eigenvalue weighted by atomic mass is 35.5. The summed E-state index contributed by atoms with van der Waals surface area (Å²) in [5.41, 5.74) is -0.148. The summed E-state index contributed by atoms with van der Waals surface area (Å²) in [6.07, 6.45) is -0.774. The monoisotopic (exact) mass is 329 g/mol. The van der Waals surface area contributed by atoms with Crippen LogP contribution in [0.4, 0.5) is 4.79 Å². The number of carbonyl (C=O) groups excluding carboxylic acids is 1. The highest BCUT2D eigenvalue weighted by Crippen LogP contribution is 2.28. The van der Waals surface area contributed by atoms with Crippen molar-refractivity contribution in [2.75, 3.05) is 7.11 Å². The van der Waals surface area contributed by atoms with E-state index in [1.54, 1.807) is 39.0 Å². The van der Waals surface area contributed by atoms with Crippen molar-refractivity contribution in [3.05, 3.63) is 28.8 Å². The highest BCUT2D eigenvalue weighted by molar-refractivity contribution is 6.32. The molecule has 1 rings (SSSR count). The van der Waals surface area contributed by atoms with E-state index in [2.05, 4.69) is 5.32 Å². The van der Waals surface area contributed by atoms with Gasteiger partial charge in [-0.2, -0.15) is 0 Å². The lowest BCUT2D eigenvalue weighted by Crippen LogP contribution is -2.44. The first-order valence-electron chi connectivity index (χ1n) is 6.67. The molecule has 0 aliphatic heterocycles. The van der Waals surface area contributed by atoms with Crippen LogP contribution in [0.25, 0.3) is 0 Å². The van der Waals surface area contributed by atoms with E-state index < -0.39 is 23.7 Å². The minimum absolute atomic E-state index is 0.0185. The largest absolute Gasteiger partial charge is 0.495 e. The molecule has 22 heavy (non-hydrogen) atoms. The van der Waals surface area contributed by atoms with Crippen LogP contribution in [0.3, 0.4) is 0 Å². The zero-order chi connectivity index (χ0) is 16.9. The van der Waals surface area contributed by atoms with Crippen molar-refractivity contribution < 1.29 is 24.2 Å². The van der Waals surface area contributed by atoms with Crippen LogP contribution in [0.15, 0.2) is 18.2 Å². The number of nitrogens with one attached hydrogen (secondary N) is 1. The minimum atomic E-state index is -1.18. The van der Waals surface area contributed by atoms with Crippen molar-refractivity contribution in [3.8, 4) is 5.75 Å². The van der Waals surface area contributed by atoms with Crippen molar-refractivity contribution in [2.24, 2.45) is 0 Å². The van der Waals surface area contributed by atoms with Crippen molar-refractivity contribution in [1.29, 1.82) is 0 Å². The van der Waals surface area contributed by atoms with Crippen LogP contribution in [0.5, 0.6) is 5.75 Å². The zero-order valence-electron chi connectivity index (χ0n) is 13.0. The van der Waals surface area contributed by atoms with Gasteiger partial charge < -0.3 is 19.9 Å². The van der Waals surface area contributed by atoms with E-state index >= 15 is 0 Å². The number of methoxy groups -OCH3 is 1. The second-order valence-electron chi connectivity index (χ2n) is 5.67. The number of amides is 1. The summed E-state index contributed by atoms with van der Waals surface area (Å²) in [6.45, 7) is 5.09. The van der Waals surface area contributed by atoms with Gasteiger partial charge in [0.25, 0.3) is 0 Å². The van der Waals surface area contributed by atoms with Gasteiger partial charge in [0.05, 0.1) is 12.1 Å². The number of alkyl carbamates (subject to hydrolysis) is 1. The molecule has 7 heteroatoms. The highest BCUT2D eigenvalue weighted by Gasteiger charge is 2.25. The van der Waals surface area contributed by atoms with E-state index in [0.29, 0.717) is 16.3 Å². The number of rotatable bonds is 5. The Morgan fingerprint density at radius 2 is 2.00 bits per heavy atom. The number of benzene rings is 1. The first-order chi connectivity index (χ1) is 10.1. The zero-order valence-corrected chi connectivity index (χ0v) is 13.7. The number of hydrogen-bond acceptors (Lipinski definition) is 4. The summed E-state index contributed by atoms with van der Waals surface area (Å²) in [4.78, 5) is 23.0. The van der Waals surface area contributed by atoms with Crippen LogP contribution in [0, 0.1) is 0 Å². The average Bonchev–Trinajstić information content (AvgIpc) is 2.37. The average molecular weight is 330 g/mol. The Labute approximate surface area is 134 Å². The smallest absolute Gasteiger partial charge is 0.408 e. The number of aliphatic carboxylic acids is 1. The molecule has 1 unspecified atom stereocenters. The molecule has 1 aromatic rings. The third-order valence-electron chi connectivity index (χ3n) is 2.68. The Morgan fingerprint density at radius 1 is 1.36 bits per heavy atom. The summed E-state index contributed by atoms with van der Waals surface area (Å²) in [5.74, 6) is -0.731. The van der Waals surface area contributed by atoms with Crippen LogP contribution >= 0.6 is 11.6 Å². The Bertz CT molecular complexity index is 553. The molecule has 6 nitrogen and oxygen atoms in total. The molecule has 1 aromatic carbocycles. The predicted molar refractivity (Wildman–Crippen MR) is 82.5 cm³/mol. The minimum Gasteiger partial charge on any atom is -0.495 e. The molecule has 0 heterocycles. The number of halogens is 1. The van der Waals surface area contributed by atoms with Gasteiger partial charge >= 0.3 is 12.1 Å². The van der Waals surface area contributed by atoms with Gasteiger partial charge in [-0.15, -0.1) is 0 Å². The normalized spacial score (nSPS) is 12.4. The van der Waals surface area contributed by atoms with E-state index in [4.69, 9.17) is 21.1 Å². The first kappa shape index (κ1) is 18.1. The van der Waals surface area contributed by atoms with Crippen LogP contribution < -0.4 is 10.1 Å². The molecular weight excluding hydrogens is 310 g/mol. The molecule has 0 saturated carbocycles. The molecule has 0 aromatic heterocycles. The fraction of sp³-hybridized carbons (Fsp3) is 0.467. The van der Waals surface area contributed by atoms with Crippen LogP contribution in [-0.4, -0.2) is 35.9 Å². The molecule has 2 N–H and O–H groups in total. The van der Waals surface area contributed by atoms with Gasteiger partial charge in [-0.25, -0.2) is 9.59 Å². The van der Waals surface area contributed by atoms with Gasteiger partial charge in [-0.3, -0.25) is 0 Å². The van der Waals surface area contributed by atoms with E-state index in [0.717, 1.165) is 0 Å². The second kappa shape index (κ2) is 7.35. The molecular formula is C15H20ClNO5. The van der Waals surface area contributed by atoms with Crippen molar-refractivity contribution in [2.45, 2.75) is 38.8 Å². The molecule has 122 valence electrons. The summed E-state index contributed by atoms with van der Waals surface area (Å²) in [5, 5.41) is 11.9. The van der Waals surface area contributed by atoms with Crippen LogP contribution in [0.1, 0.15) is 26.3 Å². The predicted octanol–water partition coefficient (Wildman–Crippen LogP) is 2.87. The fourth-order valence-electron chi connectivity index (χ4n) is 1.74. The molecule has 0 bridgehead atoms. The van der Waals surface area contributed by atoms with E-state index in [9.17, 15) is 14.7 Å². The third-order valence-corrected chi connectivity index (χ3v) is 3.11. The molecule has 0 aliphatic carbocycles. The quantitative estimate of drug-likeness (QED) is 0.867. The topological polar surface area (TPSA) is 84.9 Å². The fourth-order valence-corrected chi connectivity index (χ4v) is 2.02. The number of carbonyl (C=O) groups is 2. The maximum Gasteiger partial charge on any atom is 0.408 e. The molecule has 1 amide bonds. The summed E-state index contributed by atoms with van der Waals surface area (Å²) in [6, 6.07) is 3.90. The lowest BCUT2D eigenvalue weighted by Gasteiger charge is -2.22. The Balaban J connectivity index is 2.86. The number of hydrogen-bond donors (Lipinski definition) is 2. The maximum absolute atomic E-state index is 11.7. The lowest BCUT2D eigenvalue weighted by atomic mass is 10.1. The lowest BCUT2D eigenvalue weighted by molar-refractivity contribution is -0.139. The molecule has 0 radical (unpaired) electrons.